The molecule has 1 saturated heterocycles. The van der Waals surface area contributed by atoms with E-state index in [-0.39, 0.29) is 5.56 Å². The molecule has 0 radical (unpaired) electrons. The van der Waals surface area contributed by atoms with Crippen molar-refractivity contribution in [1.29, 1.82) is 0 Å². The van der Waals surface area contributed by atoms with E-state index in [9.17, 15) is 8.78 Å². The van der Waals surface area contributed by atoms with Gasteiger partial charge >= 0.3 is 0 Å². The first-order valence-electron chi connectivity index (χ1n) is 6.69. The van der Waals surface area contributed by atoms with E-state index in [1.807, 2.05) is 4.90 Å². The van der Waals surface area contributed by atoms with Gasteiger partial charge in [0.2, 0.25) is 0 Å². The zero-order chi connectivity index (χ0) is 13.9. The SMILES string of the molecule is Fc1cccc(F)c1[C@@H](c1ccco1)N1CCNCC1. The van der Waals surface area contributed by atoms with Crippen molar-refractivity contribution in [1.82, 2.24) is 10.2 Å². The zero-order valence-corrected chi connectivity index (χ0v) is 11.0. The number of furan rings is 1. The number of halogens is 2. The predicted octanol–water partition coefficient (Wildman–Crippen LogP) is 2.55. The Kier molecular flexibility index (Phi) is 3.80. The van der Waals surface area contributed by atoms with E-state index in [2.05, 4.69) is 5.32 Å². The predicted molar refractivity (Wildman–Crippen MR) is 71.4 cm³/mol. The normalized spacial score (nSPS) is 18.1. The van der Waals surface area contributed by atoms with Crippen molar-refractivity contribution >= 4 is 0 Å². The highest BCUT2D eigenvalue weighted by molar-refractivity contribution is 5.30. The molecule has 2 aromatic rings. The highest BCUT2D eigenvalue weighted by atomic mass is 19.1. The first kappa shape index (κ1) is 13.3. The molecule has 5 heteroatoms. The van der Waals surface area contributed by atoms with Gasteiger partial charge in [-0.3, -0.25) is 4.90 Å². The summed E-state index contributed by atoms with van der Waals surface area (Å²) in [6.07, 6.45) is 1.53. The number of hydrogen-bond acceptors (Lipinski definition) is 3. The third-order valence-corrected chi connectivity index (χ3v) is 3.60. The summed E-state index contributed by atoms with van der Waals surface area (Å²) >= 11 is 0. The van der Waals surface area contributed by atoms with Gasteiger partial charge in [-0.1, -0.05) is 6.07 Å². The Morgan fingerprint density at radius 3 is 2.35 bits per heavy atom. The third kappa shape index (κ3) is 2.46. The molecule has 106 valence electrons. The number of piperazine rings is 1. The monoisotopic (exact) mass is 278 g/mol. The molecule has 1 aromatic heterocycles. The van der Waals surface area contributed by atoms with Crippen molar-refractivity contribution < 1.29 is 13.2 Å². The van der Waals surface area contributed by atoms with Gasteiger partial charge in [-0.05, 0) is 24.3 Å². The van der Waals surface area contributed by atoms with Gasteiger partial charge in [0, 0.05) is 31.7 Å². The van der Waals surface area contributed by atoms with Crippen LogP contribution in [0.4, 0.5) is 8.78 Å². The first-order valence-corrected chi connectivity index (χ1v) is 6.69. The van der Waals surface area contributed by atoms with Crippen LogP contribution in [0.25, 0.3) is 0 Å². The Morgan fingerprint density at radius 1 is 1.05 bits per heavy atom. The summed E-state index contributed by atoms with van der Waals surface area (Å²) in [5.41, 5.74) is 0.0596. The molecule has 0 spiro atoms. The molecule has 0 saturated carbocycles. The fourth-order valence-electron chi connectivity index (χ4n) is 2.66. The quantitative estimate of drug-likeness (QED) is 0.935. The average Bonchev–Trinajstić information content (AvgIpc) is 2.98. The number of hydrogen-bond donors (Lipinski definition) is 1. The van der Waals surface area contributed by atoms with E-state index in [0.29, 0.717) is 5.76 Å². The van der Waals surface area contributed by atoms with Gasteiger partial charge < -0.3 is 9.73 Å². The van der Waals surface area contributed by atoms with Crippen molar-refractivity contribution in [2.45, 2.75) is 6.04 Å². The molecular formula is C15H16F2N2O. The molecule has 0 unspecified atom stereocenters. The van der Waals surface area contributed by atoms with E-state index in [1.54, 1.807) is 12.1 Å². The molecule has 3 rings (SSSR count). The number of nitrogens with one attached hydrogen (secondary N) is 1. The summed E-state index contributed by atoms with van der Waals surface area (Å²) in [7, 11) is 0. The molecule has 1 N–H and O–H groups in total. The highest BCUT2D eigenvalue weighted by Gasteiger charge is 2.30. The smallest absolute Gasteiger partial charge is 0.131 e. The highest BCUT2D eigenvalue weighted by Crippen LogP contribution is 2.32. The van der Waals surface area contributed by atoms with Crippen molar-refractivity contribution in [2.24, 2.45) is 0 Å². The molecular weight excluding hydrogens is 262 g/mol. The van der Waals surface area contributed by atoms with E-state index in [1.165, 1.54) is 24.5 Å². The molecule has 1 aromatic carbocycles. The minimum atomic E-state index is -0.537. The summed E-state index contributed by atoms with van der Waals surface area (Å²) in [4.78, 5) is 2.04. The van der Waals surface area contributed by atoms with Crippen LogP contribution in [0.1, 0.15) is 17.4 Å². The van der Waals surface area contributed by atoms with Crippen molar-refractivity contribution in [3.63, 3.8) is 0 Å². The third-order valence-electron chi connectivity index (χ3n) is 3.60. The van der Waals surface area contributed by atoms with Gasteiger partial charge in [0.15, 0.2) is 0 Å². The molecule has 0 aliphatic carbocycles. The molecule has 1 aliphatic rings. The fraction of sp³-hybridized carbons (Fsp3) is 0.333. The second-order valence-corrected chi connectivity index (χ2v) is 4.84. The zero-order valence-electron chi connectivity index (χ0n) is 11.0. The van der Waals surface area contributed by atoms with Crippen molar-refractivity contribution in [3.8, 4) is 0 Å². The Morgan fingerprint density at radius 2 is 1.75 bits per heavy atom. The van der Waals surface area contributed by atoms with Crippen molar-refractivity contribution in [3.05, 3.63) is 59.6 Å². The number of rotatable bonds is 3. The molecule has 1 atom stereocenters. The molecule has 0 bridgehead atoms. The maximum absolute atomic E-state index is 14.1. The summed E-state index contributed by atoms with van der Waals surface area (Å²) in [5, 5.41) is 3.24. The lowest BCUT2D eigenvalue weighted by Crippen LogP contribution is -2.45. The van der Waals surface area contributed by atoms with Crippen LogP contribution in [-0.4, -0.2) is 31.1 Å². The van der Waals surface area contributed by atoms with Crippen molar-refractivity contribution in [2.75, 3.05) is 26.2 Å². The van der Waals surface area contributed by atoms with Crippen LogP contribution in [0.2, 0.25) is 0 Å². The van der Waals surface area contributed by atoms with E-state index in [4.69, 9.17) is 4.42 Å². The maximum Gasteiger partial charge on any atom is 0.131 e. The van der Waals surface area contributed by atoms with E-state index in [0.717, 1.165) is 26.2 Å². The summed E-state index contributed by atoms with van der Waals surface area (Å²) in [5.74, 6) is -0.509. The van der Waals surface area contributed by atoms with Gasteiger partial charge in [-0.2, -0.15) is 0 Å². The number of nitrogens with zero attached hydrogens (tertiary/aromatic N) is 1. The molecule has 0 amide bonds. The average molecular weight is 278 g/mol. The van der Waals surface area contributed by atoms with Crippen LogP contribution in [0, 0.1) is 11.6 Å². The van der Waals surface area contributed by atoms with Crippen LogP contribution in [0.5, 0.6) is 0 Å². The first-order chi connectivity index (χ1) is 9.77. The Balaban J connectivity index is 2.05. The minimum Gasteiger partial charge on any atom is -0.467 e. The lowest BCUT2D eigenvalue weighted by molar-refractivity contribution is 0.173. The van der Waals surface area contributed by atoms with Gasteiger partial charge in [-0.15, -0.1) is 0 Å². The second-order valence-electron chi connectivity index (χ2n) is 4.84. The van der Waals surface area contributed by atoms with Gasteiger partial charge in [-0.25, -0.2) is 8.78 Å². The maximum atomic E-state index is 14.1. The Labute approximate surface area is 116 Å². The molecule has 20 heavy (non-hydrogen) atoms. The summed E-state index contributed by atoms with van der Waals surface area (Å²) < 4.78 is 33.7. The lowest BCUT2D eigenvalue weighted by atomic mass is 10.0. The topological polar surface area (TPSA) is 28.4 Å². The largest absolute Gasteiger partial charge is 0.467 e. The fourth-order valence-corrected chi connectivity index (χ4v) is 2.66. The summed E-state index contributed by atoms with van der Waals surface area (Å²) in [6.45, 7) is 3.04. The Bertz CT molecular complexity index is 545. The molecule has 1 fully saturated rings. The van der Waals surface area contributed by atoms with Gasteiger partial charge in [0.25, 0.3) is 0 Å². The minimum absolute atomic E-state index is 0.0596. The molecule has 3 nitrogen and oxygen atoms in total. The standard InChI is InChI=1S/C15H16F2N2O/c16-11-3-1-4-12(17)14(11)15(13-5-2-10-20-13)19-8-6-18-7-9-19/h1-5,10,15,18H,6-9H2/t15-/m1/s1. The van der Waals surface area contributed by atoms with Crippen LogP contribution < -0.4 is 5.32 Å². The van der Waals surface area contributed by atoms with Gasteiger partial charge in [0.05, 0.1) is 12.3 Å². The second kappa shape index (κ2) is 5.73. The lowest BCUT2D eigenvalue weighted by Gasteiger charge is -2.34. The van der Waals surface area contributed by atoms with E-state index >= 15 is 0 Å². The van der Waals surface area contributed by atoms with Crippen LogP contribution in [0.3, 0.4) is 0 Å². The van der Waals surface area contributed by atoms with Gasteiger partial charge in [0.1, 0.15) is 17.4 Å². The number of benzene rings is 1. The van der Waals surface area contributed by atoms with Crippen LogP contribution in [-0.2, 0) is 0 Å². The van der Waals surface area contributed by atoms with Crippen LogP contribution >= 0.6 is 0 Å². The molecule has 2 heterocycles. The molecule has 1 aliphatic heterocycles. The summed E-state index contributed by atoms with van der Waals surface area (Å²) in [6, 6.07) is 6.94. The van der Waals surface area contributed by atoms with Crippen LogP contribution in [0.15, 0.2) is 41.0 Å². The van der Waals surface area contributed by atoms with E-state index < -0.39 is 17.7 Å². The Hall–Kier alpha value is -1.72.